The van der Waals surface area contributed by atoms with Gasteiger partial charge in [-0.15, -0.1) is 0 Å². The third-order valence-corrected chi connectivity index (χ3v) is 3.10. The van der Waals surface area contributed by atoms with Gasteiger partial charge < -0.3 is 10.5 Å². The Morgan fingerprint density at radius 2 is 2.15 bits per heavy atom. The molecule has 2 aromatic heterocycles. The fraction of sp³-hybridized carbons (Fsp3) is 0.467. The number of ether oxygens (including phenoxy) is 1. The second-order valence-electron chi connectivity index (χ2n) is 5.06. The number of hydrogen-bond donors (Lipinski definition) is 1. The van der Waals surface area contributed by atoms with E-state index >= 15 is 0 Å². The van der Waals surface area contributed by atoms with Gasteiger partial charge in [0, 0.05) is 25.2 Å². The lowest BCUT2D eigenvalue weighted by atomic mass is 10.2. The van der Waals surface area contributed by atoms with E-state index in [4.69, 9.17) is 10.5 Å². The first kappa shape index (κ1) is 14.5. The average molecular weight is 274 g/mol. The molecule has 108 valence electrons. The number of rotatable bonds is 6. The highest BCUT2D eigenvalue weighted by atomic mass is 16.5. The number of aromatic nitrogens is 3. The third-order valence-electron chi connectivity index (χ3n) is 3.10. The molecule has 2 heterocycles. The van der Waals surface area contributed by atoms with Crippen molar-refractivity contribution in [3.8, 4) is 5.75 Å². The molecule has 5 nitrogen and oxygen atoms in total. The van der Waals surface area contributed by atoms with Crippen LogP contribution in [0.2, 0.25) is 0 Å². The molecule has 0 saturated carbocycles. The van der Waals surface area contributed by atoms with Crippen LogP contribution in [-0.2, 0) is 26.5 Å². The first-order chi connectivity index (χ1) is 9.58. The van der Waals surface area contributed by atoms with Crippen molar-refractivity contribution in [1.29, 1.82) is 0 Å². The Kier molecular flexibility index (Phi) is 4.74. The lowest BCUT2D eigenvalue weighted by Gasteiger charge is -2.08. The molecule has 0 amide bonds. The van der Waals surface area contributed by atoms with E-state index in [0.29, 0.717) is 6.61 Å². The van der Waals surface area contributed by atoms with Gasteiger partial charge in [-0.3, -0.25) is 9.67 Å². The smallest absolute Gasteiger partial charge is 0.138 e. The van der Waals surface area contributed by atoms with Crippen LogP contribution in [0, 0.1) is 0 Å². The van der Waals surface area contributed by atoms with Crippen molar-refractivity contribution in [3.63, 3.8) is 0 Å². The molecule has 0 bridgehead atoms. The molecule has 20 heavy (non-hydrogen) atoms. The summed E-state index contributed by atoms with van der Waals surface area (Å²) in [4.78, 5) is 4.35. The van der Waals surface area contributed by atoms with Crippen molar-refractivity contribution < 1.29 is 4.74 Å². The minimum Gasteiger partial charge on any atom is -0.486 e. The SMILES string of the molecule is CCc1cc(COc2ccc(CC(C)N)nc2)n(C)n1. The average Bonchev–Trinajstić information content (AvgIpc) is 2.78. The van der Waals surface area contributed by atoms with Crippen molar-refractivity contribution in [1.82, 2.24) is 14.8 Å². The Balaban J connectivity index is 1.94. The predicted octanol–water partition coefficient (Wildman–Crippen LogP) is 1.85. The summed E-state index contributed by atoms with van der Waals surface area (Å²) in [5.74, 6) is 0.762. The van der Waals surface area contributed by atoms with Gasteiger partial charge in [0.05, 0.1) is 17.6 Å². The number of aryl methyl sites for hydroxylation is 2. The first-order valence-electron chi connectivity index (χ1n) is 6.93. The van der Waals surface area contributed by atoms with Gasteiger partial charge in [-0.05, 0) is 31.5 Å². The van der Waals surface area contributed by atoms with E-state index in [-0.39, 0.29) is 6.04 Å². The summed E-state index contributed by atoms with van der Waals surface area (Å²) < 4.78 is 7.59. The van der Waals surface area contributed by atoms with Crippen LogP contribution in [0.15, 0.2) is 24.4 Å². The molecule has 0 aliphatic carbocycles. The molecule has 0 aromatic carbocycles. The molecule has 5 heteroatoms. The van der Waals surface area contributed by atoms with E-state index in [1.807, 2.05) is 30.8 Å². The molecular weight excluding hydrogens is 252 g/mol. The van der Waals surface area contributed by atoms with Gasteiger partial charge in [0.25, 0.3) is 0 Å². The minimum absolute atomic E-state index is 0.121. The van der Waals surface area contributed by atoms with Crippen LogP contribution in [0.5, 0.6) is 5.75 Å². The molecule has 0 aliphatic rings. The lowest BCUT2D eigenvalue weighted by molar-refractivity contribution is 0.293. The molecule has 0 radical (unpaired) electrons. The Morgan fingerprint density at radius 3 is 2.70 bits per heavy atom. The maximum Gasteiger partial charge on any atom is 0.138 e. The summed E-state index contributed by atoms with van der Waals surface area (Å²) >= 11 is 0. The van der Waals surface area contributed by atoms with E-state index in [1.54, 1.807) is 6.20 Å². The number of hydrogen-bond acceptors (Lipinski definition) is 4. The lowest BCUT2D eigenvalue weighted by Crippen LogP contribution is -2.18. The van der Waals surface area contributed by atoms with E-state index in [2.05, 4.69) is 23.1 Å². The van der Waals surface area contributed by atoms with E-state index in [1.165, 1.54) is 0 Å². The quantitative estimate of drug-likeness (QED) is 0.873. The minimum atomic E-state index is 0.121. The van der Waals surface area contributed by atoms with Gasteiger partial charge in [0.15, 0.2) is 0 Å². The summed E-state index contributed by atoms with van der Waals surface area (Å²) in [5.41, 5.74) is 8.87. The molecule has 0 saturated heterocycles. The summed E-state index contributed by atoms with van der Waals surface area (Å²) in [6.07, 6.45) is 3.46. The molecule has 2 N–H and O–H groups in total. The highest BCUT2D eigenvalue weighted by Crippen LogP contribution is 2.13. The summed E-state index contributed by atoms with van der Waals surface area (Å²) in [5, 5.41) is 4.40. The van der Waals surface area contributed by atoms with Crippen molar-refractivity contribution in [2.75, 3.05) is 0 Å². The second-order valence-corrected chi connectivity index (χ2v) is 5.06. The largest absolute Gasteiger partial charge is 0.486 e. The monoisotopic (exact) mass is 274 g/mol. The van der Waals surface area contributed by atoms with Crippen molar-refractivity contribution in [2.24, 2.45) is 12.8 Å². The van der Waals surface area contributed by atoms with Crippen molar-refractivity contribution in [2.45, 2.75) is 39.3 Å². The van der Waals surface area contributed by atoms with Crippen molar-refractivity contribution >= 4 is 0 Å². The number of nitrogens with two attached hydrogens (primary N) is 1. The second kappa shape index (κ2) is 6.52. The highest BCUT2D eigenvalue weighted by Gasteiger charge is 2.05. The van der Waals surface area contributed by atoms with Crippen LogP contribution in [0.1, 0.15) is 30.9 Å². The topological polar surface area (TPSA) is 66.0 Å². The van der Waals surface area contributed by atoms with Gasteiger partial charge >= 0.3 is 0 Å². The van der Waals surface area contributed by atoms with Crippen LogP contribution in [0.25, 0.3) is 0 Å². The molecule has 0 fully saturated rings. The Hall–Kier alpha value is -1.88. The zero-order valence-corrected chi connectivity index (χ0v) is 12.3. The predicted molar refractivity (Wildman–Crippen MR) is 78.5 cm³/mol. The molecule has 1 atom stereocenters. The number of nitrogens with zero attached hydrogens (tertiary/aromatic N) is 3. The van der Waals surface area contributed by atoms with Crippen LogP contribution in [0.3, 0.4) is 0 Å². The van der Waals surface area contributed by atoms with Crippen LogP contribution < -0.4 is 10.5 Å². The van der Waals surface area contributed by atoms with E-state index in [9.17, 15) is 0 Å². The maximum atomic E-state index is 5.75. The van der Waals surface area contributed by atoms with Crippen molar-refractivity contribution in [3.05, 3.63) is 41.5 Å². The highest BCUT2D eigenvalue weighted by molar-refractivity contribution is 5.21. The van der Waals surface area contributed by atoms with Gasteiger partial charge in [-0.1, -0.05) is 6.92 Å². The maximum absolute atomic E-state index is 5.75. The summed E-state index contributed by atoms with van der Waals surface area (Å²) in [6, 6.07) is 6.08. The van der Waals surface area contributed by atoms with Crippen LogP contribution in [-0.4, -0.2) is 20.8 Å². The van der Waals surface area contributed by atoms with E-state index in [0.717, 1.165) is 35.7 Å². The third kappa shape index (κ3) is 3.81. The van der Waals surface area contributed by atoms with Gasteiger partial charge in [0.2, 0.25) is 0 Å². The molecular formula is C15H22N4O. The first-order valence-corrected chi connectivity index (χ1v) is 6.93. The zero-order valence-electron chi connectivity index (χ0n) is 12.3. The van der Waals surface area contributed by atoms with Gasteiger partial charge in [-0.25, -0.2) is 0 Å². The van der Waals surface area contributed by atoms with Gasteiger partial charge in [-0.2, -0.15) is 5.10 Å². The molecule has 0 spiro atoms. The summed E-state index contributed by atoms with van der Waals surface area (Å²) in [6.45, 7) is 4.56. The fourth-order valence-corrected chi connectivity index (χ4v) is 1.98. The van der Waals surface area contributed by atoms with Crippen LogP contribution in [0.4, 0.5) is 0 Å². The Labute approximate surface area is 119 Å². The standard InChI is InChI=1S/C15H22N4O/c1-4-12-8-14(19(3)18-12)10-20-15-6-5-13(17-9-15)7-11(2)16/h5-6,8-9,11H,4,7,10,16H2,1-3H3. The van der Waals surface area contributed by atoms with Gasteiger partial charge in [0.1, 0.15) is 12.4 Å². The molecule has 1 unspecified atom stereocenters. The normalized spacial score (nSPS) is 12.4. The van der Waals surface area contributed by atoms with Crippen LogP contribution >= 0.6 is 0 Å². The Bertz CT molecular complexity index is 546. The zero-order chi connectivity index (χ0) is 14.5. The fourth-order valence-electron chi connectivity index (χ4n) is 1.98. The molecule has 0 aliphatic heterocycles. The molecule has 2 rings (SSSR count). The Morgan fingerprint density at radius 1 is 1.35 bits per heavy atom. The number of pyridine rings is 1. The summed E-state index contributed by atoms with van der Waals surface area (Å²) in [7, 11) is 1.93. The molecule has 2 aromatic rings. The van der Waals surface area contributed by atoms with E-state index < -0.39 is 0 Å².